The molecule has 0 atom stereocenters. The summed E-state index contributed by atoms with van der Waals surface area (Å²) in [6, 6.07) is 4.48. The van der Waals surface area contributed by atoms with Crippen LogP contribution < -0.4 is 11.1 Å². The van der Waals surface area contributed by atoms with Crippen molar-refractivity contribution in [2.75, 3.05) is 5.73 Å². The van der Waals surface area contributed by atoms with Crippen LogP contribution in [0.1, 0.15) is 17.1 Å². The number of anilines is 1. The third-order valence-electron chi connectivity index (χ3n) is 3.42. The van der Waals surface area contributed by atoms with E-state index < -0.39 is 0 Å². The summed E-state index contributed by atoms with van der Waals surface area (Å²) in [6.45, 7) is 2.07. The molecule has 0 aliphatic rings. The number of carbonyl (C=O) groups is 1. The number of benzene rings is 1. The van der Waals surface area contributed by atoms with Gasteiger partial charge in [-0.15, -0.1) is 5.10 Å². The van der Waals surface area contributed by atoms with E-state index in [2.05, 4.69) is 25.5 Å². The number of aromatic amines is 2. The minimum Gasteiger partial charge on any atom is -0.367 e. The maximum atomic E-state index is 13.4. The number of hydrogen-bond acceptors (Lipinski definition) is 4. The van der Waals surface area contributed by atoms with Crippen LogP contribution in [0.2, 0.25) is 0 Å². The molecule has 1 amide bonds. The van der Waals surface area contributed by atoms with Gasteiger partial charge in [-0.05, 0) is 30.7 Å². The van der Waals surface area contributed by atoms with E-state index in [1.807, 2.05) is 6.92 Å². The van der Waals surface area contributed by atoms with E-state index in [9.17, 15) is 9.18 Å². The van der Waals surface area contributed by atoms with E-state index in [1.165, 1.54) is 12.1 Å². The molecule has 0 fully saturated rings. The number of nitrogens with one attached hydrogen (secondary N) is 3. The van der Waals surface area contributed by atoms with Crippen LogP contribution in [0, 0.1) is 12.7 Å². The van der Waals surface area contributed by atoms with Gasteiger partial charge in [0.15, 0.2) is 0 Å². The number of hydrogen-bond donors (Lipinski definition) is 4. The number of nitrogens with zero attached hydrogens (tertiary/aromatic N) is 2. The number of H-pyrrole nitrogens is 2. The van der Waals surface area contributed by atoms with Crippen molar-refractivity contribution in [2.24, 2.45) is 0 Å². The van der Waals surface area contributed by atoms with Gasteiger partial charge in [0.2, 0.25) is 11.9 Å². The molecule has 0 saturated heterocycles. The highest BCUT2D eigenvalue weighted by Gasteiger charge is 2.13. The molecule has 0 radical (unpaired) electrons. The molecule has 114 valence electrons. The van der Waals surface area contributed by atoms with Crippen LogP contribution in [0.5, 0.6) is 0 Å². The molecule has 7 nitrogen and oxygen atoms in total. The normalized spacial score (nSPS) is 11.0. The van der Waals surface area contributed by atoms with Gasteiger partial charge in [-0.1, -0.05) is 0 Å². The van der Waals surface area contributed by atoms with Crippen molar-refractivity contribution in [1.82, 2.24) is 25.5 Å². The fourth-order valence-corrected chi connectivity index (χ4v) is 2.38. The number of aromatic nitrogens is 4. The molecule has 8 heteroatoms. The second-order valence-electron chi connectivity index (χ2n) is 5.01. The van der Waals surface area contributed by atoms with E-state index in [0.29, 0.717) is 5.82 Å². The molecule has 0 unspecified atom stereocenters. The lowest BCUT2D eigenvalue weighted by molar-refractivity contribution is -0.120. The maximum Gasteiger partial charge on any atom is 0.239 e. The van der Waals surface area contributed by atoms with Crippen molar-refractivity contribution in [3.63, 3.8) is 0 Å². The van der Waals surface area contributed by atoms with Gasteiger partial charge in [-0.25, -0.2) is 4.39 Å². The third kappa shape index (κ3) is 2.76. The summed E-state index contributed by atoms with van der Waals surface area (Å²) in [7, 11) is 0. The van der Waals surface area contributed by atoms with Crippen molar-refractivity contribution in [1.29, 1.82) is 0 Å². The van der Waals surface area contributed by atoms with Crippen LogP contribution in [0.25, 0.3) is 10.9 Å². The maximum absolute atomic E-state index is 13.4. The molecule has 2 aromatic heterocycles. The number of halogens is 1. The second kappa shape index (κ2) is 5.47. The Bertz CT molecular complexity index is 837. The summed E-state index contributed by atoms with van der Waals surface area (Å²) in [5.74, 6) is 0.0910. The van der Waals surface area contributed by atoms with Gasteiger partial charge in [0.1, 0.15) is 11.6 Å². The molecule has 1 aromatic carbocycles. The fourth-order valence-electron chi connectivity index (χ4n) is 2.38. The molecule has 5 N–H and O–H groups in total. The summed E-state index contributed by atoms with van der Waals surface area (Å²) in [5, 5.41) is 9.73. The Morgan fingerprint density at radius 1 is 1.45 bits per heavy atom. The Kier molecular flexibility index (Phi) is 3.50. The highest BCUT2D eigenvalue weighted by atomic mass is 19.1. The lowest BCUT2D eigenvalue weighted by Crippen LogP contribution is -2.25. The number of aryl methyl sites for hydroxylation is 1. The standard InChI is InChI=1S/C14H15FN6O/c1-7-9(10-4-8(15)2-3-11(10)18-7)5-13(22)17-6-12-19-14(16)21-20-12/h2-4,18H,5-6H2,1H3,(H,17,22)(H3,16,19,20,21). The zero-order chi connectivity index (χ0) is 15.7. The Balaban J connectivity index is 1.73. The van der Waals surface area contributed by atoms with Crippen molar-refractivity contribution in [3.8, 4) is 0 Å². The molecular weight excluding hydrogens is 287 g/mol. The van der Waals surface area contributed by atoms with Crippen LogP contribution in [0.15, 0.2) is 18.2 Å². The Morgan fingerprint density at radius 2 is 2.27 bits per heavy atom. The zero-order valence-electron chi connectivity index (χ0n) is 11.9. The van der Waals surface area contributed by atoms with Gasteiger partial charge in [-0.3, -0.25) is 9.89 Å². The molecule has 22 heavy (non-hydrogen) atoms. The summed E-state index contributed by atoms with van der Waals surface area (Å²) in [4.78, 5) is 19.1. The molecule has 3 aromatic rings. The average molecular weight is 302 g/mol. The van der Waals surface area contributed by atoms with Crippen molar-refractivity contribution >= 4 is 22.8 Å². The topological polar surface area (TPSA) is 112 Å². The molecule has 0 saturated carbocycles. The lowest BCUT2D eigenvalue weighted by Gasteiger charge is -2.04. The Labute approximate surface area is 125 Å². The van der Waals surface area contributed by atoms with Gasteiger partial charge in [0, 0.05) is 16.6 Å². The minimum atomic E-state index is -0.328. The minimum absolute atomic E-state index is 0.132. The van der Waals surface area contributed by atoms with E-state index in [1.54, 1.807) is 6.07 Å². The summed E-state index contributed by atoms with van der Waals surface area (Å²) >= 11 is 0. The van der Waals surface area contributed by atoms with Gasteiger partial charge in [-0.2, -0.15) is 4.98 Å². The number of nitrogen functional groups attached to an aromatic ring is 1. The molecule has 0 spiro atoms. The van der Waals surface area contributed by atoms with E-state index >= 15 is 0 Å². The molecule has 0 aliphatic carbocycles. The van der Waals surface area contributed by atoms with Crippen molar-refractivity contribution in [2.45, 2.75) is 19.9 Å². The number of amides is 1. The Hall–Kier alpha value is -2.90. The third-order valence-corrected chi connectivity index (χ3v) is 3.42. The number of rotatable bonds is 4. The van der Waals surface area contributed by atoms with Crippen LogP contribution in [0.4, 0.5) is 10.3 Å². The van der Waals surface area contributed by atoms with Crippen LogP contribution in [0.3, 0.4) is 0 Å². The first-order valence-electron chi connectivity index (χ1n) is 6.73. The number of nitrogens with two attached hydrogens (primary N) is 1. The molecule has 0 aliphatic heterocycles. The zero-order valence-corrected chi connectivity index (χ0v) is 11.9. The van der Waals surface area contributed by atoms with Gasteiger partial charge >= 0.3 is 0 Å². The number of carbonyl (C=O) groups excluding carboxylic acids is 1. The average Bonchev–Trinajstić information content (AvgIpc) is 3.02. The highest BCUT2D eigenvalue weighted by molar-refractivity contribution is 5.90. The van der Waals surface area contributed by atoms with E-state index in [-0.39, 0.29) is 30.6 Å². The second-order valence-corrected chi connectivity index (χ2v) is 5.01. The van der Waals surface area contributed by atoms with Crippen molar-refractivity contribution < 1.29 is 9.18 Å². The molecule has 0 bridgehead atoms. The van der Waals surface area contributed by atoms with Gasteiger partial charge in [0.25, 0.3) is 0 Å². The van der Waals surface area contributed by atoms with E-state index in [4.69, 9.17) is 5.73 Å². The van der Waals surface area contributed by atoms with Crippen LogP contribution in [-0.4, -0.2) is 26.1 Å². The Morgan fingerprint density at radius 3 is 3.00 bits per heavy atom. The first-order valence-corrected chi connectivity index (χ1v) is 6.73. The summed E-state index contributed by atoms with van der Waals surface area (Å²) in [6.07, 6.45) is 0.152. The van der Waals surface area contributed by atoms with Gasteiger partial charge < -0.3 is 16.0 Å². The largest absolute Gasteiger partial charge is 0.367 e. The molecule has 2 heterocycles. The monoisotopic (exact) mass is 302 g/mol. The predicted molar refractivity (Wildman–Crippen MR) is 79.3 cm³/mol. The number of fused-ring (bicyclic) bond motifs is 1. The van der Waals surface area contributed by atoms with Crippen LogP contribution in [-0.2, 0) is 17.8 Å². The smallest absolute Gasteiger partial charge is 0.239 e. The quantitative estimate of drug-likeness (QED) is 0.579. The molecule has 3 rings (SSSR count). The van der Waals surface area contributed by atoms with Gasteiger partial charge in [0.05, 0.1) is 13.0 Å². The highest BCUT2D eigenvalue weighted by Crippen LogP contribution is 2.23. The molecular formula is C14H15FN6O. The van der Waals surface area contributed by atoms with E-state index in [0.717, 1.165) is 22.2 Å². The van der Waals surface area contributed by atoms with Crippen molar-refractivity contribution in [3.05, 3.63) is 41.1 Å². The summed E-state index contributed by atoms with van der Waals surface area (Å²) in [5.41, 5.74) is 7.82. The fraction of sp³-hybridized carbons (Fsp3) is 0.214. The predicted octanol–water partition coefficient (Wildman–Crippen LogP) is 1.17. The summed E-state index contributed by atoms with van der Waals surface area (Å²) < 4.78 is 13.4. The SMILES string of the molecule is Cc1[nH]c2ccc(F)cc2c1CC(=O)NCc1nc(N)n[nH]1. The first kappa shape index (κ1) is 14.1. The van der Waals surface area contributed by atoms with Crippen LogP contribution >= 0.6 is 0 Å². The first-order chi connectivity index (χ1) is 10.5. The lowest BCUT2D eigenvalue weighted by atomic mass is 10.1.